The summed E-state index contributed by atoms with van der Waals surface area (Å²) in [5.41, 5.74) is 3.18. The fourth-order valence-electron chi connectivity index (χ4n) is 4.11. The highest BCUT2D eigenvalue weighted by Gasteiger charge is 2.32. The Morgan fingerprint density at radius 1 is 1.21 bits per heavy atom. The topological polar surface area (TPSA) is 80.1 Å². The van der Waals surface area contributed by atoms with E-state index < -0.39 is 5.82 Å². The summed E-state index contributed by atoms with van der Waals surface area (Å²) in [6.07, 6.45) is 4.62. The van der Waals surface area contributed by atoms with E-state index in [-0.39, 0.29) is 23.4 Å². The maximum Gasteiger partial charge on any atom is 0.272 e. The highest BCUT2D eigenvalue weighted by Crippen LogP contribution is 2.33. The summed E-state index contributed by atoms with van der Waals surface area (Å²) in [4.78, 5) is 32.0. The van der Waals surface area contributed by atoms with Crippen LogP contribution in [0.5, 0.6) is 0 Å². The van der Waals surface area contributed by atoms with Gasteiger partial charge in [0, 0.05) is 42.5 Å². The summed E-state index contributed by atoms with van der Waals surface area (Å²) in [6.45, 7) is 1.84. The van der Waals surface area contributed by atoms with Crippen LogP contribution < -0.4 is 5.32 Å². The zero-order chi connectivity index (χ0) is 22.9. The molecule has 1 aromatic carbocycles. The molecule has 0 radical (unpaired) electrons. The van der Waals surface area contributed by atoms with E-state index in [1.165, 1.54) is 31.0 Å². The van der Waals surface area contributed by atoms with Gasteiger partial charge in [-0.1, -0.05) is 17.7 Å². The number of carbonyl (C=O) groups is 2. The lowest BCUT2D eigenvalue weighted by Crippen LogP contribution is -2.37. The largest absolute Gasteiger partial charge is 0.345 e. The van der Waals surface area contributed by atoms with Gasteiger partial charge in [-0.3, -0.25) is 19.3 Å². The van der Waals surface area contributed by atoms with Gasteiger partial charge in [0.15, 0.2) is 5.69 Å². The fourth-order valence-corrected chi connectivity index (χ4v) is 4.29. The van der Waals surface area contributed by atoms with Crippen LogP contribution in [0.3, 0.4) is 0 Å². The molecule has 3 aromatic rings. The van der Waals surface area contributed by atoms with E-state index in [9.17, 15) is 14.0 Å². The van der Waals surface area contributed by atoms with Gasteiger partial charge in [0.25, 0.3) is 11.8 Å². The van der Waals surface area contributed by atoms with E-state index >= 15 is 0 Å². The normalized spacial score (nSPS) is 15.3. The molecule has 170 valence electrons. The first-order valence-corrected chi connectivity index (χ1v) is 11.4. The van der Waals surface area contributed by atoms with Crippen molar-refractivity contribution in [3.05, 3.63) is 81.6 Å². The average molecular weight is 468 g/mol. The Morgan fingerprint density at radius 2 is 2.06 bits per heavy atom. The van der Waals surface area contributed by atoms with Crippen molar-refractivity contribution >= 4 is 23.4 Å². The molecule has 2 amide bonds. The highest BCUT2D eigenvalue weighted by molar-refractivity contribution is 6.31. The van der Waals surface area contributed by atoms with E-state index in [2.05, 4.69) is 15.4 Å². The van der Waals surface area contributed by atoms with Crippen LogP contribution in [0.4, 0.5) is 4.39 Å². The molecule has 5 rings (SSSR count). The van der Waals surface area contributed by atoms with Gasteiger partial charge in [-0.2, -0.15) is 5.10 Å². The molecule has 1 fully saturated rings. The minimum absolute atomic E-state index is 0.0922. The van der Waals surface area contributed by atoms with Gasteiger partial charge >= 0.3 is 0 Å². The second-order valence-electron chi connectivity index (χ2n) is 8.51. The number of fused-ring (bicyclic) bond motifs is 1. The van der Waals surface area contributed by atoms with Crippen molar-refractivity contribution in [3.63, 3.8) is 0 Å². The lowest BCUT2D eigenvalue weighted by molar-refractivity contribution is 0.0730. The Labute approximate surface area is 195 Å². The zero-order valence-corrected chi connectivity index (χ0v) is 18.7. The van der Waals surface area contributed by atoms with Crippen LogP contribution >= 0.6 is 11.6 Å². The Balaban J connectivity index is 1.39. The Morgan fingerprint density at radius 3 is 2.79 bits per heavy atom. The van der Waals surface area contributed by atoms with Gasteiger partial charge in [-0.05, 0) is 49.1 Å². The average Bonchev–Trinajstić information content (AvgIpc) is 3.59. The number of hydrogen-bond acceptors (Lipinski definition) is 4. The van der Waals surface area contributed by atoms with Crippen LogP contribution in [-0.2, 0) is 26.1 Å². The molecule has 0 unspecified atom stereocenters. The number of aromatic nitrogens is 3. The smallest absolute Gasteiger partial charge is 0.272 e. The maximum absolute atomic E-state index is 13.5. The number of hydrogen-bond donors (Lipinski definition) is 1. The molecule has 2 aromatic heterocycles. The van der Waals surface area contributed by atoms with E-state index in [1.807, 2.05) is 22.9 Å². The maximum atomic E-state index is 13.5. The van der Waals surface area contributed by atoms with Crippen LogP contribution in [0.2, 0.25) is 5.02 Å². The first-order valence-electron chi connectivity index (χ1n) is 11.0. The molecule has 1 N–H and O–H groups in total. The lowest BCUT2D eigenvalue weighted by Gasteiger charge is -2.28. The molecule has 2 aliphatic rings. The van der Waals surface area contributed by atoms with Crippen LogP contribution in [0.15, 0.2) is 42.6 Å². The fraction of sp³-hybridized carbons (Fsp3) is 0.333. The standard InChI is InChI=1S/C24H23ClFN5O2/c25-19-11-16(6-7-20(19)26)24(33)30-10-8-21-18(14-30)22(29-31(21)13-15-4-5-15)23(32)28-12-17-3-1-2-9-27-17/h1-3,6-7,9,11,15H,4-5,8,10,12-14H2,(H,28,32). The molecule has 0 saturated heterocycles. The number of pyridine rings is 1. The highest BCUT2D eigenvalue weighted by atomic mass is 35.5. The van der Waals surface area contributed by atoms with Crippen molar-refractivity contribution in [2.75, 3.05) is 6.54 Å². The van der Waals surface area contributed by atoms with E-state index in [0.717, 1.165) is 23.5 Å². The molecular formula is C24H23ClFN5O2. The van der Waals surface area contributed by atoms with Crippen LogP contribution in [-0.4, -0.2) is 38.0 Å². The van der Waals surface area contributed by atoms with Gasteiger partial charge in [0.1, 0.15) is 5.82 Å². The van der Waals surface area contributed by atoms with Crippen molar-refractivity contribution < 1.29 is 14.0 Å². The van der Waals surface area contributed by atoms with Gasteiger partial charge in [0.2, 0.25) is 0 Å². The lowest BCUT2D eigenvalue weighted by atomic mass is 10.0. The second kappa shape index (κ2) is 8.94. The molecule has 9 heteroatoms. The van der Waals surface area contributed by atoms with Gasteiger partial charge in [0.05, 0.1) is 23.8 Å². The summed E-state index contributed by atoms with van der Waals surface area (Å²) in [5, 5.41) is 7.46. The Bertz CT molecular complexity index is 1210. The van der Waals surface area contributed by atoms with E-state index in [4.69, 9.17) is 11.6 Å². The number of rotatable bonds is 6. The molecule has 33 heavy (non-hydrogen) atoms. The summed E-state index contributed by atoms with van der Waals surface area (Å²) in [6, 6.07) is 9.49. The third-order valence-electron chi connectivity index (χ3n) is 6.09. The third kappa shape index (κ3) is 4.61. The number of amides is 2. The Hall–Kier alpha value is -3.26. The van der Waals surface area contributed by atoms with E-state index in [0.29, 0.717) is 36.7 Å². The quantitative estimate of drug-likeness (QED) is 0.600. The number of nitrogens with one attached hydrogen (secondary N) is 1. The zero-order valence-electron chi connectivity index (χ0n) is 17.9. The molecule has 1 aliphatic heterocycles. The molecular weight excluding hydrogens is 445 g/mol. The predicted molar refractivity (Wildman–Crippen MR) is 120 cm³/mol. The third-order valence-corrected chi connectivity index (χ3v) is 6.38. The molecule has 7 nitrogen and oxygen atoms in total. The van der Waals surface area contributed by atoms with Crippen molar-refractivity contribution in [2.45, 2.75) is 38.9 Å². The number of halogens is 2. The van der Waals surface area contributed by atoms with Crippen LogP contribution in [0.1, 0.15) is 50.6 Å². The Kier molecular flexibility index (Phi) is 5.85. The van der Waals surface area contributed by atoms with Crippen molar-refractivity contribution in [1.29, 1.82) is 0 Å². The van der Waals surface area contributed by atoms with Gasteiger partial charge < -0.3 is 10.2 Å². The molecule has 3 heterocycles. The monoisotopic (exact) mass is 467 g/mol. The van der Waals surface area contributed by atoms with E-state index in [1.54, 1.807) is 11.1 Å². The van der Waals surface area contributed by atoms with Gasteiger partial charge in [-0.15, -0.1) is 0 Å². The summed E-state index contributed by atoms with van der Waals surface area (Å²) in [5.74, 6) is -0.510. The summed E-state index contributed by atoms with van der Waals surface area (Å²) >= 11 is 5.87. The number of benzene rings is 1. The van der Waals surface area contributed by atoms with Crippen molar-refractivity contribution in [1.82, 2.24) is 25.0 Å². The second-order valence-corrected chi connectivity index (χ2v) is 8.92. The molecule has 0 spiro atoms. The first-order chi connectivity index (χ1) is 16.0. The molecule has 1 saturated carbocycles. The van der Waals surface area contributed by atoms with Gasteiger partial charge in [-0.25, -0.2) is 4.39 Å². The summed E-state index contributed by atoms with van der Waals surface area (Å²) < 4.78 is 15.5. The first kappa shape index (κ1) is 21.6. The van der Waals surface area contributed by atoms with Crippen molar-refractivity contribution in [2.24, 2.45) is 5.92 Å². The van der Waals surface area contributed by atoms with Crippen LogP contribution in [0.25, 0.3) is 0 Å². The number of carbonyl (C=O) groups excluding carboxylic acids is 2. The number of nitrogens with zero attached hydrogens (tertiary/aromatic N) is 4. The SMILES string of the molecule is O=C(NCc1ccccn1)c1nn(CC2CC2)c2c1CN(C(=O)c1ccc(F)c(Cl)c1)CC2. The summed E-state index contributed by atoms with van der Waals surface area (Å²) in [7, 11) is 0. The predicted octanol–water partition coefficient (Wildman–Crippen LogP) is 3.61. The molecule has 1 aliphatic carbocycles. The van der Waals surface area contributed by atoms with Crippen molar-refractivity contribution in [3.8, 4) is 0 Å². The molecule has 0 atom stereocenters. The molecule has 0 bridgehead atoms. The minimum Gasteiger partial charge on any atom is -0.345 e. The van der Waals surface area contributed by atoms with Crippen LogP contribution in [0, 0.1) is 11.7 Å². The minimum atomic E-state index is -0.567.